The maximum absolute atomic E-state index is 9.91. The molecule has 0 unspecified atom stereocenters. The van der Waals surface area contributed by atoms with Crippen molar-refractivity contribution in [2.75, 3.05) is 27.2 Å². The molecule has 0 aliphatic carbocycles. The molecular formula is C22H25N3O3. The van der Waals surface area contributed by atoms with E-state index in [1.54, 1.807) is 19.2 Å². The lowest BCUT2D eigenvalue weighted by Gasteiger charge is -2.50. The number of fused-ring (bicyclic) bond motifs is 4. The molecular weight excluding hydrogens is 354 g/mol. The first-order valence-electron chi connectivity index (χ1n) is 9.80. The zero-order valence-electron chi connectivity index (χ0n) is 16.3. The second kappa shape index (κ2) is 6.41. The first-order valence-corrected chi connectivity index (χ1v) is 9.80. The summed E-state index contributed by atoms with van der Waals surface area (Å²) in [6, 6.07) is 13.5. The molecule has 6 heteroatoms. The Kier molecular flexibility index (Phi) is 3.98. The van der Waals surface area contributed by atoms with Gasteiger partial charge in [0.2, 0.25) is 5.72 Å². The number of aromatic hydroxyl groups is 1. The molecule has 1 spiro atoms. The number of rotatable bonds is 2. The van der Waals surface area contributed by atoms with Crippen LogP contribution in [0.5, 0.6) is 17.2 Å². The number of para-hydroxylation sites is 1. The SMILES string of the molecule is COc1cccc2c1OC1(CCN(C)CC1)N1N=C(c3cccc(O)c3)C[C@H]21. The van der Waals surface area contributed by atoms with Crippen LogP contribution in [-0.2, 0) is 0 Å². The Balaban J connectivity index is 1.61. The van der Waals surface area contributed by atoms with Crippen LogP contribution >= 0.6 is 0 Å². The van der Waals surface area contributed by atoms with Crippen LogP contribution in [0.25, 0.3) is 0 Å². The van der Waals surface area contributed by atoms with E-state index in [-0.39, 0.29) is 11.8 Å². The third kappa shape index (κ3) is 2.63. The number of methoxy groups -OCH3 is 1. The first-order chi connectivity index (χ1) is 13.6. The summed E-state index contributed by atoms with van der Waals surface area (Å²) in [5.41, 5.74) is 2.60. The van der Waals surface area contributed by atoms with Crippen LogP contribution in [0.2, 0.25) is 0 Å². The molecule has 6 nitrogen and oxygen atoms in total. The normalized spacial score (nSPS) is 23.0. The molecule has 2 aromatic carbocycles. The molecule has 3 aliphatic heterocycles. The molecule has 5 rings (SSSR count). The summed E-state index contributed by atoms with van der Waals surface area (Å²) in [5.74, 6) is 1.89. The second-order valence-corrected chi connectivity index (χ2v) is 7.89. The van der Waals surface area contributed by atoms with Crippen molar-refractivity contribution in [2.24, 2.45) is 5.10 Å². The number of likely N-dealkylation sites (tertiary alicyclic amines) is 1. The Hall–Kier alpha value is -2.73. The van der Waals surface area contributed by atoms with Gasteiger partial charge in [-0.3, -0.25) is 0 Å². The largest absolute Gasteiger partial charge is 0.508 e. The molecule has 3 aliphatic rings. The molecule has 0 saturated carbocycles. The molecule has 1 atom stereocenters. The summed E-state index contributed by atoms with van der Waals surface area (Å²) in [4.78, 5) is 2.33. The predicted molar refractivity (Wildman–Crippen MR) is 107 cm³/mol. The Morgan fingerprint density at radius 3 is 2.71 bits per heavy atom. The molecule has 3 heterocycles. The zero-order valence-corrected chi connectivity index (χ0v) is 16.3. The van der Waals surface area contributed by atoms with E-state index in [0.29, 0.717) is 0 Å². The maximum Gasteiger partial charge on any atom is 0.200 e. The van der Waals surface area contributed by atoms with Gasteiger partial charge in [0.05, 0.1) is 18.9 Å². The van der Waals surface area contributed by atoms with Gasteiger partial charge in [-0.15, -0.1) is 0 Å². The Morgan fingerprint density at radius 2 is 1.96 bits per heavy atom. The van der Waals surface area contributed by atoms with Crippen molar-refractivity contribution in [1.29, 1.82) is 0 Å². The third-order valence-electron chi connectivity index (χ3n) is 6.16. The van der Waals surface area contributed by atoms with Gasteiger partial charge in [-0.2, -0.15) is 5.10 Å². The van der Waals surface area contributed by atoms with E-state index in [1.165, 1.54) is 0 Å². The molecule has 28 heavy (non-hydrogen) atoms. The second-order valence-electron chi connectivity index (χ2n) is 7.89. The molecule has 0 radical (unpaired) electrons. The van der Waals surface area contributed by atoms with E-state index in [0.717, 1.165) is 60.7 Å². The molecule has 146 valence electrons. The highest BCUT2D eigenvalue weighted by atomic mass is 16.5. The fraction of sp³-hybridized carbons (Fsp3) is 0.409. The van der Waals surface area contributed by atoms with Crippen LogP contribution in [-0.4, -0.2) is 53.7 Å². The van der Waals surface area contributed by atoms with E-state index in [1.807, 2.05) is 24.3 Å². The number of hydrazone groups is 1. The first kappa shape index (κ1) is 17.4. The quantitative estimate of drug-likeness (QED) is 0.867. The van der Waals surface area contributed by atoms with Gasteiger partial charge in [0.1, 0.15) is 5.75 Å². The molecule has 1 fully saturated rings. The number of nitrogens with zero attached hydrogens (tertiary/aromatic N) is 3. The van der Waals surface area contributed by atoms with E-state index in [2.05, 4.69) is 23.0 Å². The van der Waals surface area contributed by atoms with Gasteiger partial charge in [0.15, 0.2) is 11.5 Å². The number of phenolic OH excluding ortho intramolecular Hbond substituents is 1. The number of phenols is 1. The molecule has 1 N–H and O–H groups in total. The molecule has 0 amide bonds. The fourth-order valence-electron chi connectivity index (χ4n) is 4.59. The Labute approximate surface area is 165 Å². The van der Waals surface area contributed by atoms with E-state index < -0.39 is 5.72 Å². The van der Waals surface area contributed by atoms with Crippen LogP contribution in [0.15, 0.2) is 47.6 Å². The van der Waals surface area contributed by atoms with E-state index >= 15 is 0 Å². The van der Waals surface area contributed by atoms with Gasteiger partial charge in [-0.05, 0) is 25.2 Å². The predicted octanol–water partition coefficient (Wildman–Crippen LogP) is 3.37. The van der Waals surface area contributed by atoms with Gasteiger partial charge in [-0.25, -0.2) is 5.01 Å². The average Bonchev–Trinajstić information content (AvgIpc) is 3.17. The highest BCUT2D eigenvalue weighted by molar-refractivity contribution is 6.02. The number of hydrogen-bond acceptors (Lipinski definition) is 6. The zero-order chi connectivity index (χ0) is 19.3. The third-order valence-corrected chi connectivity index (χ3v) is 6.16. The van der Waals surface area contributed by atoms with Crippen molar-refractivity contribution in [3.8, 4) is 17.2 Å². The molecule has 2 aromatic rings. The maximum atomic E-state index is 9.91. The molecule has 0 aromatic heterocycles. The topological polar surface area (TPSA) is 57.5 Å². The van der Waals surface area contributed by atoms with Crippen LogP contribution in [0.4, 0.5) is 0 Å². The summed E-state index contributed by atoms with van der Waals surface area (Å²) in [7, 11) is 3.84. The Bertz CT molecular complexity index is 934. The summed E-state index contributed by atoms with van der Waals surface area (Å²) in [6.45, 7) is 1.93. The van der Waals surface area contributed by atoms with Crippen molar-refractivity contribution in [3.05, 3.63) is 53.6 Å². The van der Waals surface area contributed by atoms with Crippen molar-refractivity contribution >= 4 is 5.71 Å². The minimum absolute atomic E-state index is 0.111. The highest BCUT2D eigenvalue weighted by Gasteiger charge is 2.52. The van der Waals surface area contributed by atoms with Crippen molar-refractivity contribution < 1.29 is 14.6 Å². The number of benzene rings is 2. The van der Waals surface area contributed by atoms with Gasteiger partial charge in [-0.1, -0.05) is 24.3 Å². The van der Waals surface area contributed by atoms with Crippen molar-refractivity contribution in [2.45, 2.75) is 31.0 Å². The number of piperidine rings is 1. The summed E-state index contributed by atoms with van der Waals surface area (Å²) in [6.07, 6.45) is 2.55. The van der Waals surface area contributed by atoms with Gasteiger partial charge in [0, 0.05) is 43.5 Å². The van der Waals surface area contributed by atoms with Crippen molar-refractivity contribution in [1.82, 2.24) is 9.91 Å². The summed E-state index contributed by atoms with van der Waals surface area (Å²) >= 11 is 0. The summed E-state index contributed by atoms with van der Waals surface area (Å²) < 4.78 is 12.3. The van der Waals surface area contributed by atoms with Gasteiger partial charge >= 0.3 is 0 Å². The van der Waals surface area contributed by atoms with Crippen LogP contribution < -0.4 is 9.47 Å². The van der Waals surface area contributed by atoms with Gasteiger partial charge < -0.3 is 19.5 Å². The van der Waals surface area contributed by atoms with E-state index in [9.17, 15) is 5.11 Å². The summed E-state index contributed by atoms with van der Waals surface area (Å²) in [5, 5.41) is 17.1. The molecule has 1 saturated heterocycles. The van der Waals surface area contributed by atoms with Crippen LogP contribution in [0.1, 0.15) is 36.4 Å². The minimum atomic E-state index is -0.461. The number of hydrogen-bond donors (Lipinski definition) is 1. The lowest BCUT2D eigenvalue weighted by molar-refractivity contribution is -0.148. The fourth-order valence-corrected chi connectivity index (χ4v) is 4.59. The van der Waals surface area contributed by atoms with Crippen LogP contribution in [0.3, 0.4) is 0 Å². The monoisotopic (exact) mass is 379 g/mol. The Morgan fingerprint density at radius 1 is 1.18 bits per heavy atom. The van der Waals surface area contributed by atoms with Crippen LogP contribution in [0, 0.1) is 0 Å². The lowest BCUT2D eigenvalue weighted by Crippen LogP contribution is -2.58. The van der Waals surface area contributed by atoms with Crippen molar-refractivity contribution in [3.63, 3.8) is 0 Å². The standard InChI is InChI=1S/C22H25N3O3/c1-24-11-9-22(10-12-24)25-19(17-7-4-8-20(27-2)21(17)28-22)14-18(23-25)15-5-3-6-16(26)13-15/h3-8,13,19,26H,9-12,14H2,1-2H3/t19-/m1/s1. The minimum Gasteiger partial charge on any atom is -0.508 e. The van der Waals surface area contributed by atoms with Gasteiger partial charge in [0.25, 0.3) is 0 Å². The molecule has 0 bridgehead atoms. The average molecular weight is 379 g/mol. The number of ether oxygens (including phenoxy) is 2. The van der Waals surface area contributed by atoms with E-state index in [4.69, 9.17) is 14.6 Å². The smallest absolute Gasteiger partial charge is 0.200 e. The lowest BCUT2D eigenvalue weighted by atomic mass is 9.90. The highest BCUT2D eigenvalue weighted by Crippen LogP contribution is 2.52.